The number of hydrogen-bond donors (Lipinski definition) is 1. The predicted octanol–water partition coefficient (Wildman–Crippen LogP) is 3.98. The van der Waals surface area contributed by atoms with Crippen LogP contribution in [-0.2, 0) is 0 Å². The Hall–Kier alpha value is -2.61. The molecule has 0 fully saturated rings. The molecule has 0 saturated carbocycles. The molecule has 2 heteroatoms. The SMILES string of the molecule is Nc1cc2ccc3cccc4ccc(c1C=O)c2c34. The van der Waals surface area contributed by atoms with Gasteiger partial charge in [0.05, 0.1) is 0 Å². The van der Waals surface area contributed by atoms with E-state index in [4.69, 9.17) is 5.73 Å². The van der Waals surface area contributed by atoms with Crippen LogP contribution in [-0.4, -0.2) is 6.29 Å². The van der Waals surface area contributed by atoms with Crippen LogP contribution in [0.2, 0.25) is 0 Å². The van der Waals surface area contributed by atoms with Gasteiger partial charge in [0.1, 0.15) is 0 Å². The molecule has 0 bridgehead atoms. The van der Waals surface area contributed by atoms with E-state index < -0.39 is 0 Å². The lowest BCUT2D eigenvalue weighted by Gasteiger charge is -2.13. The molecule has 0 unspecified atom stereocenters. The van der Waals surface area contributed by atoms with Crippen LogP contribution in [0.4, 0.5) is 5.69 Å². The van der Waals surface area contributed by atoms with Crippen molar-refractivity contribution in [3.63, 3.8) is 0 Å². The van der Waals surface area contributed by atoms with Crippen LogP contribution < -0.4 is 5.73 Å². The summed E-state index contributed by atoms with van der Waals surface area (Å²) in [5, 5.41) is 6.75. The smallest absolute Gasteiger partial charge is 0.152 e. The Morgan fingerprint density at radius 2 is 1.53 bits per heavy atom. The van der Waals surface area contributed by atoms with Gasteiger partial charge in [-0.05, 0) is 38.4 Å². The van der Waals surface area contributed by atoms with Crippen LogP contribution in [0, 0.1) is 0 Å². The summed E-state index contributed by atoms with van der Waals surface area (Å²) in [7, 11) is 0. The normalized spacial score (nSPS) is 11.6. The number of anilines is 1. The molecule has 0 amide bonds. The molecule has 0 heterocycles. The zero-order chi connectivity index (χ0) is 13.0. The van der Waals surface area contributed by atoms with Crippen molar-refractivity contribution in [3.05, 3.63) is 54.1 Å². The van der Waals surface area contributed by atoms with Crippen LogP contribution in [0.25, 0.3) is 32.3 Å². The van der Waals surface area contributed by atoms with Crippen molar-refractivity contribution < 1.29 is 4.79 Å². The fourth-order valence-electron chi connectivity index (χ4n) is 2.99. The molecule has 0 aliphatic heterocycles. The monoisotopic (exact) mass is 245 g/mol. The largest absolute Gasteiger partial charge is 0.398 e. The summed E-state index contributed by atoms with van der Waals surface area (Å²) in [6, 6.07) is 16.3. The maximum Gasteiger partial charge on any atom is 0.152 e. The highest BCUT2D eigenvalue weighted by Gasteiger charge is 2.12. The summed E-state index contributed by atoms with van der Waals surface area (Å²) in [5.74, 6) is 0. The number of carbonyl (C=O) groups excluding carboxylic acids is 1. The molecular formula is C17H11NO. The van der Waals surface area contributed by atoms with E-state index in [1.165, 1.54) is 16.2 Å². The third-order valence-corrected chi connectivity index (χ3v) is 3.84. The van der Waals surface area contributed by atoms with E-state index in [0.717, 1.165) is 22.4 Å². The highest BCUT2D eigenvalue weighted by molar-refractivity contribution is 6.26. The van der Waals surface area contributed by atoms with E-state index in [0.29, 0.717) is 11.3 Å². The van der Waals surface area contributed by atoms with Crippen LogP contribution in [0.5, 0.6) is 0 Å². The molecule has 0 radical (unpaired) electrons. The molecule has 19 heavy (non-hydrogen) atoms. The summed E-state index contributed by atoms with van der Waals surface area (Å²) >= 11 is 0. The van der Waals surface area contributed by atoms with Gasteiger partial charge in [-0.2, -0.15) is 0 Å². The maximum absolute atomic E-state index is 11.3. The second kappa shape index (κ2) is 3.45. The fourth-order valence-corrected chi connectivity index (χ4v) is 2.99. The molecule has 90 valence electrons. The highest BCUT2D eigenvalue weighted by Crippen LogP contribution is 2.37. The van der Waals surface area contributed by atoms with Gasteiger partial charge in [0, 0.05) is 11.3 Å². The summed E-state index contributed by atoms with van der Waals surface area (Å²) in [6.45, 7) is 0. The molecular weight excluding hydrogens is 234 g/mol. The minimum atomic E-state index is 0.542. The lowest BCUT2D eigenvalue weighted by molar-refractivity contribution is 0.112. The zero-order valence-corrected chi connectivity index (χ0v) is 10.2. The predicted molar refractivity (Wildman–Crippen MR) is 79.9 cm³/mol. The first kappa shape index (κ1) is 10.3. The molecule has 0 aliphatic carbocycles. The average molecular weight is 245 g/mol. The molecule has 0 saturated heterocycles. The Balaban J connectivity index is 2.43. The summed E-state index contributed by atoms with van der Waals surface area (Å²) in [4.78, 5) is 11.3. The van der Waals surface area contributed by atoms with Crippen LogP contribution in [0.1, 0.15) is 10.4 Å². The topological polar surface area (TPSA) is 43.1 Å². The molecule has 0 spiro atoms. The molecule has 4 rings (SSSR count). The van der Waals surface area contributed by atoms with Crippen molar-refractivity contribution in [2.45, 2.75) is 0 Å². The summed E-state index contributed by atoms with van der Waals surface area (Å²) in [6.07, 6.45) is 0.848. The number of rotatable bonds is 1. The van der Waals surface area contributed by atoms with Crippen molar-refractivity contribution in [3.8, 4) is 0 Å². The van der Waals surface area contributed by atoms with E-state index in [1.807, 2.05) is 12.1 Å². The molecule has 0 aromatic heterocycles. The maximum atomic E-state index is 11.3. The first-order valence-electron chi connectivity index (χ1n) is 6.21. The number of hydrogen-bond acceptors (Lipinski definition) is 2. The molecule has 0 aliphatic rings. The number of nitrogen functional groups attached to an aromatic ring is 1. The second-order valence-electron chi connectivity index (χ2n) is 4.85. The average Bonchev–Trinajstić information content (AvgIpc) is 2.44. The van der Waals surface area contributed by atoms with Crippen molar-refractivity contribution in [1.29, 1.82) is 0 Å². The molecule has 2 nitrogen and oxygen atoms in total. The molecule has 4 aromatic rings. The molecule has 0 atom stereocenters. The van der Waals surface area contributed by atoms with Crippen LogP contribution in [0.15, 0.2) is 48.5 Å². The van der Waals surface area contributed by atoms with Gasteiger partial charge >= 0.3 is 0 Å². The third kappa shape index (κ3) is 1.23. The van der Waals surface area contributed by atoms with E-state index in [9.17, 15) is 4.79 Å². The van der Waals surface area contributed by atoms with Crippen molar-refractivity contribution >= 4 is 44.3 Å². The highest BCUT2D eigenvalue weighted by atomic mass is 16.1. The number of aldehydes is 1. The quantitative estimate of drug-likeness (QED) is 0.313. The van der Waals surface area contributed by atoms with Gasteiger partial charge in [0.15, 0.2) is 6.29 Å². The van der Waals surface area contributed by atoms with Gasteiger partial charge in [0.2, 0.25) is 0 Å². The van der Waals surface area contributed by atoms with E-state index >= 15 is 0 Å². The minimum Gasteiger partial charge on any atom is -0.398 e. The minimum absolute atomic E-state index is 0.542. The van der Waals surface area contributed by atoms with Gasteiger partial charge < -0.3 is 5.73 Å². The summed E-state index contributed by atoms with van der Waals surface area (Å²) < 4.78 is 0. The number of nitrogens with two attached hydrogens (primary N) is 1. The Kier molecular flexibility index (Phi) is 1.88. The first-order valence-corrected chi connectivity index (χ1v) is 6.21. The van der Waals surface area contributed by atoms with Crippen molar-refractivity contribution in [2.75, 3.05) is 5.73 Å². The Bertz CT molecular complexity index is 924. The van der Waals surface area contributed by atoms with Gasteiger partial charge in [-0.25, -0.2) is 0 Å². The standard InChI is InChI=1S/C17H11NO/c18-15-8-12-5-4-10-2-1-3-11-6-7-13(14(15)9-19)17(12)16(10)11/h1-9H,18H2. The van der Waals surface area contributed by atoms with Crippen LogP contribution >= 0.6 is 0 Å². The van der Waals surface area contributed by atoms with Crippen molar-refractivity contribution in [1.82, 2.24) is 0 Å². The Morgan fingerprint density at radius 3 is 2.26 bits per heavy atom. The van der Waals surface area contributed by atoms with Gasteiger partial charge in [-0.15, -0.1) is 0 Å². The molecule has 4 aromatic carbocycles. The van der Waals surface area contributed by atoms with E-state index in [2.05, 4.69) is 36.4 Å². The first-order chi connectivity index (χ1) is 9.29. The molecule has 2 N–H and O–H groups in total. The van der Waals surface area contributed by atoms with Crippen LogP contribution in [0.3, 0.4) is 0 Å². The number of benzene rings is 4. The Labute approximate surface area is 109 Å². The second-order valence-corrected chi connectivity index (χ2v) is 4.85. The van der Waals surface area contributed by atoms with Gasteiger partial charge in [-0.1, -0.05) is 42.5 Å². The lowest BCUT2D eigenvalue weighted by Crippen LogP contribution is -1.95. The number of carbonyl (C=O) groups is 1. The zero-order valence-electron chi connectivity index (χ0n) is 10.2. The lowest BCUT2D eigenvalue weighted by atomic mass is 9.91. The van der Waals surface area contributed by atoms with E-state index in [1.54, 1.807) is 0 Å². The van der Waals surface area contributed by atoms with Gasteiger partial charge in [0.25, 0.3) is 0 Å². The fraction of sp³-hybridized carbons (Fsp3) is 0. The van der Waals surface area contributed by atoms with E-state index in [-0.39, 0.29) is 0 Å². The third-order valence-electron chi connectivity index (χ3n) is 3.84. The summed E-state index contributed by atoms with van der Waals surface area (Å²) in [5.41, 5.74) is 7.10. The Morgan fingerprint density at radius 1 is 0.842 bits per heavy atom. The van der Waals surface area contributed by atoms with Gasteiger partial charge in [-0.3, -0.25) is 4.79 Å². The van der Waals surface area contributed by atoms with Crippen molar-refractivity contribution in [2.24, 2.45) is 0 Å².